The van der Waals surface area contributed by atoms with E-state index in [1.54, 1.807) is 4.57 Å². The van der Waals surface area contributed by atoms with Gasteiger partial charge < -0.3 is 5.32 Å². The van der Waals surface area contributed by atoms with Crippen molar-refractivity contribution in [3.63, 3.8) is 0 Å². The maximum atomic E-state index is 12.8. The Labute approximate surface area is 164 Å². The maximum absolute atomic E-state index is 12.8. The summed E-state index contributed by atoms with van der Waals surface area (Å²) in [5.41, 5.74) is 0.706. The molecule has 0 saturated heterocycles. The molecule has 1 unspecified atom stereocenters. The van der Waals surface area contributed by atoms with E-state index in [2.05, 4.69) is 31.1 Å². The first-order valence-corrected chi connectivity index (χ1v) is 10.9. The monoisotopic (exact) mass is 387 g/mol. The van der Waals surface area contributed by atoms with Gasteiger partial charge in [-0.15, -0.1) is 0 Å². The van der Waals surface area contributed by atoms with E-state index in [1.807, 2.05) is 24.3 Å². The largest absolute Gasteiger partial charge is 0.353 e. The molecule has 3 rings (SSSR count). The summed E-state index contributed by atoms with van der Waals surface area (Å²) in [6.07, 6.45) is 5.32. The topological polar surface area (TPSA) is 64.0 Å². The molecule has 1 fully saturated rings. The summed E-state index contributed by atoms with van der Waals surface area (Å²) < 4.78 is 1.78. The van der Waals surface area contributed by atoms with Gasteiger partial charge in [0.1, 0.15) is 0 Å². The zero-order chi connectivity index (χ0) is 19.4. The number of carbonyl (C=O) groups is 1. The van der Waals surface area contributed by atoms with Gasteiger partial charge in [-0.2, -0.15) is 0 Å². The smallest absolute Gasteiger partial charge is 0.262 e. The van der Waals surface area contributed by atoms with Crippen LogP contribution in [0, 0.1) is 5.92 Å². The minimum atomic E-state index is 0.00167. The molecule has 5 nitrogen and oxygen atoms in total. The van der Waals surface area contributed by atoms with Gasteiger partial charge in [0.05, 0.1) is 16.7 Å². The molecule has 0 bridgehead atoms. The van der Waals surface area contributed by atoms with Crippen molar-refractivity contribution in [3.8, 4) is 0 Å². The molecule has 1 atom stereocenters. The van der Waals surface area contributed by atoms with Crippen LogP contribution in [-0.2, 0) is 4.79 Å². The van der Waals surface area contributed by atoms with E-state index in [4.69, 9.17) is 0 Å². The second-order valence-corrected chi connectivity index (χ2v) is 8.84. The number of thioether (sulfide) groups is 1. The van der Waals surface area contributed by atoms with Crippen molar-refractivity contribution in [1.29, 1.82) is 0 Å². The number of fused-ring (bicyclic) bond motifs is 1. The quantitative estimate of drug-likeness (QED) is 0.518. The van der Waals surface area contributed by atoms with Crippen molar-refractivity contribution in [2.75, 3.05) is 5.75 Å². The summed E-state index contributed by atoms with van der Waals surface area (Å²) in [5, 5.41) is 4.37. The van der Waals surface area contributed by atoms with Crippen LogP contribution in [0.4, 0.5) is 0 Å². The van der Waals surface area contributed by atoms with E-state index in [9.17, 15) is 9.59 Å². The molecular weight excluding hydrogens is 358 g/mol. The molecule has 1 aliphatic rings. The second-order valence-electron chi connectivity index (χ2n) is 7.90. The van der Waals surface area contributed by atoms with Gasteiger partial charge in [0.15, 0.2) is 5.16 Å². The third-order valence-corrected chi connectivity index (χ3v) is 5.80. The van der Waals surface area contributed by atoms with Crippen LogP contribution in [0.3, 0.4) is 0 Å². The number of nitrogens with zero attached hydrogens (tertiary/aromatic N) is 2. The molecule has 0 radical (unpaired) electrons. The highest BCUT2D eigenvalue weighted by Gasteiger charge is 2.28. The van der Waals surface area contributed by atoms with Crippen LogP contribution in [0.5, 0.6) is 0 Å². The molecule has 2 aromatic rings. The number of benzene rings is 1. The lowest BCUT2D eigenvalue weighted by molar-refractivity contribution is -0.119. The molecule has 1 heterocycles. The third kappa shape index (κ3) is 5.34. The molecule has 0 spiro atoms. The zero-order valence-electron chi connectivity index (χ0n) is 16.4. The Balaban J connectivity index is 1.64. The first-order valence-electron chi connectivity index (χ1n) is 9.89. The van der Waals surface area contributed by atoms with Crippen molar-refractivity contribution in [1.82, 2.24) is 14.9 Å². The first kappa shape index (κ1) is 19.9. The Morgan fingerprint density at radius 1 is 1.26 bits per heavy atom. The summed E-state index contributed by atoms with van der Waals surface area (Å²) >= 11 is 1.36. The molecular formula is C21H29N3O2S. The van der Waals surface area contributed by atoms with Crippen molar-refractivity contribution < 1.29 is 4.79 Å². The minimum Gasteiger partial charge on any atom is -0.353 e. The average Bonchev–Trinajstić information content (AvgIpc) is 3.44. The van der Waals surface area contributed by atoms with Crippen molar-refractivity contribution in [2.45, 2.75) is 70.1 Å². The Bertz CT molecular complexity index is 858. The molecule has 1 aromatic heterocycles. The normalized spacial score (nSPS) is 15.3. The number of hydrogen-bond donors (Lipinski definition) is 1. The lowest BCUT2D eigenvalue weighted by atomic mass is 10.0. The number of hydrogen-bond acceptors (Lipinski definition) is 4. The average molecular weight is 388 g/mol. The Kier molecular flexibility index (Phi) is 6.58. The molecule has 1 aromatic carbocycles. The molecule has 146 valence electrons. The van der Waals surface area contributed by atoms with E-state index in [0.29, 0.717) is 22.0 Å². The van der Waals surface area contributed by atoms with E-state index >= 15 is 0 Å². The van der Waals surface area contributed by atoms with Crippen LogP contribution >= 0.6 is 11.8 Å². The highest BCUT2D eigenvalue weighted by Crippen LogP contribution is 2.36. The number of amides is 1. The number of rotatable bonds is 9. The maximum Gasteiger partial charge on any atom is 0.262 e. The lowest BCUT2D eigenvalue weighted by Crippen LogP contribution is -2.34. The van der Waals surface area contributed by atoms with Crippen LogP contribution in [-0.4, -0.2) is 27.3 Å². The highest BCUT2D eigenvalue weighted by molar-refractivity contribution is 7.99. The van der Waals surface area contributed by atoms with Gasteiger partial charge in [0.25, 0.3) is 5.56 Å². The molecule has 1 aliphatic carbocycles. The first-order chi connectivity index (χ1) is 13.0. The third-order valence-electron chi connectivity index (χ3n) is 4.85. The van der Waals surface area contributed by atoms with Gasteiger partial charge in [-0.1, -0.05) is 50.6 Å². The summed E-state index contributed by atoms with van der Waals surface area (Å²) in [4.78, 5) is 29.8. The standard InChI is InChI=1S/C21H29N3O2S/c1-14(2)7-6-8-15(3)22-19(25)13-27-21-23-18-10-5-4-9-17(18)20(26)24(21)16-11-12-16/h4-5,9-10,14-16H,6-8,11-13H2,1-3H3,(H,22,25). The number of para-hydroxylation sites is 1. The van der Waals surface area contributed by atoms with E-state index in [-0.39, 0.29) is 29.3 Å². The second kappa shape index (κ2) is 8.91. The fraction of sp³-hybridized carbons (Fsp3) is 0.571. The molecule has 0 aliphatic heterocycles. The van der Waals surface area contributed by atoms with Crippen LogP contribution in [0.2, 0.25) is 0 Å². The van der Waals surface area contributed by atoms with E-state index in [0.717, 1.165) is 25.7 Å². The zero-order valence-corrected chi connectivity index (χ0v) is 17.2. The van der Waals surface area contributed by atoms with Crippen LogP contribution in [0.1, 0.15) is 58.9 Å². The Hall–Kier alpha value is -1.82. The van der Waals surface area contributed by atoms with Gasteiger partial charge in [0, 0.05) is 12.1 Å². The number of carbonyl (C=O) groups excluding carboxylic acids is 1. The van der Waals surface area contributed by atoms with Gasteiger partial charge in [-0.25, -0.2) is 4.98 Å². The highest BCUT2D eigenvalue weighted by atomic mass is 32.2. The minimum absolute atomic E-state index is 0.00167. The summed E-state index contributed by atoms with van der Waals surface area (Å²) in [5.74, 6) is 0.981. The van der Waals surface area contributed by atoms with Crippen LogP contribution in [0.15, 0.2) is 34.2 Å². The predicted molar refractivity (Wildman–Crippen MR) is 111 cm³/mol. The molecule has 6 heteroatoms. The SMILES string of the molecule is CC(C)CCCC(C)NC(=O)CSc1nc2ccccc2c(=O)n1C1CC1. The summed E-state index contributed by atoms with van der Waals surface area (Å²) in [7, 11) is 0. The molecule has 1 N–H and O–H groups in total. The fourth-order valence-corrected chi connectivity index (χ4v) is 4.11. The van der Waals surface area contributed by atoms with Gasteiger partial charge in [-0.3, -0.25) is 14.2 Å². The Morgan fingerprint density at radius 3 is 2.70 bits per heavy atom. The number of nitrogens with one attached hydrogen (secondary N) is 1. The summed E-state index contributed by atoms with van der Waals surface area (Å²) in [6, 6.07) is 7.83. The van der Waals surface area contributed by atoms with Crippen molar-refractivity contribution >= 4 is 28.6 Å². The Morgan fingerprint density at radius 2 is 2.00 bits per heavy atom. The van der Waals surface area contributed by atoms with Crippen LogP contribution in [0.25, 0.3) is 10.9 Å². The van der Waals surface area contributed by atoms with E-state index < -0.39 is 0 Å². The lowest BCUT2D eigenvalue weighted by Gasteiger charge is -2.15. The van der Waals surface area contributed by atoms with Crippen LogP contribution < -0.4 is 10.9 Å². The summed E-state index contributed by atoms with van der Waals surface area (Å²) in [6.45, 7) is 6.49. The van der Waals surface area contributed by atoms with Gasteiger partial charge in [-0.05, 0) is 44.2 Å². The predicted octanol–water partition coefficient (Wildman–Crippen LogP) is 4.15. The van der Waals surface area contributed by atoms with Gasteiger partial charge >= 0.3 is 0 Å². The fourth-order valence-electron chi connectivity index (χ4n) is 3.23. The molecule has 27 heavy (non-hydrogen) atoms. The van der Waals surface area contributed by atoms with Crippen molar-refractivity contribution in [2.24, 2.45) is 5.92 Å². The van der Waals surface area contributed by atoms with Gasteiger partial charge in [0.2, 0.25) is 5.91 Å². The number of aromatic nitrogens is 2. The van der Waals surface area contributed by atoms with Crippen molar-refractivity contribution in [3.05, 3.63) is 34.6 Å². The van der Waals surface area contributed by atoms with E-state index in [1.165, 1.54) is 18.2 Å². The molecule has 1 saturated carbocycles. The molecule has 1 amide bonds.